The molecule has 0 radical (unpaired) electrons. The monoisotopic (exact) mass is 2020 g/mol. The van der Waals surface area contributed by atoms with Crippen LogP contribution in [-0.2, 0) is 138 Å². The van der Waals surface area contributed by atoms with Gasteiger partial charge in [0.15, 0.2) is 0 Å². The zero-order valence-corrected chi connectivity index (χ0v) is 82.3. The van der Waals surface area contributed by atoms with Gasteiger partial charge in [-0.3, -0.25) is 72.5 Å². The first-order valence-electron chi connectivity index (χ1n) is 47.6. The number of thioether (sulfide) groups is 1. The highest BCUT2D eigenvalue weighted by Gasteiger charge is 2.44. The molecule has 143 heavy (non-hydrogen) atoms. The number of carboxylic acid groups (broad SMARTS) is 1. The number of guanidine groups is 1. The molecule has 0 bridgehead atoms. The third-order valence-electron chi connectivity index (χ3n) is 23.8. The van der Waals surface area contributed by atoms with E-state index < -0.39 is 228 Å². The van der Waals surface area contributed by atoms with Crippen LogP contribution in [0, 0.1) is 12.3 Å². The SMILES string of the molecule is CCC(CC)Oc1ccc(C[C@H](NC(=O)[C@H](CCCNC(=N)NS(=O)(=O)c2ccc(C)cc2)NC(=O)[C@H](CCSC)NC(=O)[C@@H](NC(=O)[C@H](C)NC(=O)[C@H](Cc2ccccc2)NC(=O)OCc2ccccc2)[C@@H](C)O)C(=O)N2CCC[C@H]2C(=O)N[C@H]2COC(=O)C[C@@H](C(=O)N[C@@H](CCC(=O)OC3CCCCC3)C(=O)OCc3ccccc3)NC(=O)[C@H](COCc3ccccc3)NC(=O)[C@H](CC(=O)O)NC2=O)cc1. The zero-order chi connectivity index (χ0) is 103. The highest BCUT2D eigenvalue weighted by atomic mass is 32.2. The van der Waals surface area contributed by atoms with Crippen LogP contribution < -0.4 is 73.3 Å². The number of aliphatic hydroxyl groups is 1. The maximum Gasteiger partial charge on any atom is 0.408 e. The third kappa shape index (κ3) is 37.7. The quantitative estimate of drug-likeness (QED) is 0.00845. The molecule has 3 aliphatic rings. The molecule has 6 aromatic rings. The van der Waals surface area contributed by atoms with Gasteiger partial charge in [-0.2, -0.15) is 11.8 Å². The van der Waals surface area contributed by atoms with Crippen LogP contribution in [0.15, 0.2) is 175 Å². The normalized spacial score (nSPS) is 18.0. The van der Waals surface area contributed by atoms with Crippen molar-refractivity contribution in [2.45, 2.75) is 266 Å². The number of benzene rings is 6. The predicted molar refractivity (Wildman–Crippen MR) is 522 cm³/mol. The van der Waals surface area contributed by atoms with Gasteiger partial charge < -0.3 is 107 Å². The number of carboxylic acids is 1. The molecule has 13 atom stereocenters. The second kappa shape index (κ2) is 57.7. The standard InChI is InChI=1S/C100H129N15O26S2/c1-7-69(8-2)140-71-42-40-65(41-43-71)53-79(109-88(122)73(36-24-49-102-99(101)114-143(134,135)72-44-38-61(3)39-45-72)104-89(123)74(48-51-142-6)105-96(130)86(63(5)116)113-87(121)62(4)103-90(124)76(52-64-26-14-9-15-27-64)112-100(133)139-58-68-32-20-12-21-33-68)97(131)115-50-25-37-82(115)95(129)111-81-60-137-85(120)55-78(108-93(127)80(59-136-56-66-28-16-10-17-29-66)110-91(125)77(54-83(117)118)107-94(81)128)92(126)106-75(98(132)138-57-67-30-18-11-19-31-67)46-47-84(119)141-70-34-22-13-23-35-70/h9-12,14-21,26-33,38-45,62-63,69-70,73-82,86,116H,7-8,13,22-25,34-37,46-60H2,1-6H3,(H,103,124)(H,104,123)(H,105,130)(H,106,126)(H,107,128)(H,108,127)(H,109,122)(H,110,125)(H,111,129)(H,112,133)(H,113,121)(H,117,118)(H3,101,102,114)/t62-,63+,73-,74-,75-,76-,77-,78-,79-,80-,81-,82-,86-/m0/s1. The Hall–Kier alpha value is -14.1. The summed E-state index contributed by atoms with van der Waals surface area (Å²) in [7, 11) is -4.32. The first-order valence-corrected chi connectivity index (χ1v) is 50.5. The topological polar surface area (TPSA) is 587 Å². The van der Waals surface area contributed by atoms with E-state index in [0.29, 0.717) is 59.3 Å². The van der Waals surface area contributed by atoms with E-state index in [0.717, 1.165) is 29.7 Å². The lowest BCUT2D eigenvalue weighted by molar-refractivity contribution is -0.153. The summed E-state index contributed by atoms with van der Waals surface area (Å²) in [6.07, 6.45) is -0.762. The summed E-state index contributed by atoms with van der Waals surface area (Å²) in [5, 5.41) is 60.4. The van der Waals surface area contributed by atoms with Gasteiger partial charge in [-0.25, -0.2) is 22.7 Å². The molecule has 0 aromatic heterocycles. The van der Waals surface area contributed by atoms with Gasteiger partial charge in [0.1, 0.15) is 104 Å². The molecular formula is C100H129N15O26S2. The first-order chi connectivity index (χ1) is 68.5. The highest BCUT2D eigenvalue weighted by molar-refractivity contribution is 7.98. The van der Waals surface area contributed by atoms with Gasteiger partial charge in [0.2, 0.25) is 70.9 Å². The van der Waals surface area contributed by atoms with Crippen LogP contribution in [-0.4, -0.2) is 254 Å². The Morgan fingerprint density at radius 2 is 1.13 bits per heavy atom. The summed E-state index contributed by atoms with van der Waals surface area (Å²) in [6, 6.07) is 25.6. The smallest absolute Gasteiger partial charge is 0.408 e. The fourth-order valence-electron chi connectivity index (χ4n) is 15.7. The number of alkyl carbamates (subject to hydrolysis) is 1. The number of aryl methyl sites for hydroxylation is 1. The molecule has 2 saturated heterocycles. The van der Waals surface area contributed by atoms with E-state index in [2.05, 4.69) is 68.5 Å². The van der Waals surface area contributed by atoms with Crippen LogP contribution in [0.4, 0.5) is 4.79 Å². The molecule has 2 heterocycles. The second-order valence-electron chi connectivity index (χ2n) is 35.0. The van der Waals surface area contributed by atoms with E-state index in [-0.39, 0.29) is 101 Å². The molecule has 0 spiro atoms. The molecule has 2 aliphatic heterocycles. The molecule has 9 rings (SSSR count). The minimum atomic E-state index is -4.32. The van der Waals surface area contributed by atoms with Crippen LogP contribution in [0.5, 0.6) is 5.75 Å². The van der Waals surface area contributed by atoms with E-state index in [4.69, 9.17) is 33.8 Å². The maximum atomic E-state index is 15.9. The number of nitrogens with zero attached hydrogens (tertiary/aromatic N) is 1. The van der Waals surface area contributed by atoms with Crippen molar-refractivity contribution in [2.75, 3.05) is 38.3 Å². The van der Waals surface area contributed by atoms with Gasteiger partial charge >= 0.3 is 30.0 Å². The summed E-state index contributed by atoms with van der Waals surface area (Å²) in [4.78, 5) is 233. The molecule has 0 unspecified atom stereocenters. The van der Waals surface area contributed by atoms with Crippen LogP contribution in [0.25, 0.3) is 0 Å². The van der Waals surface area contributed by atoms with Crippen molar-refractivity contribution in [3.05, 3.63) is 203 Å². The molecule has 41 nitrogen and oxygen atoms in total. The molecule has 16 N–H and O–H groups in total. The van der Waals surface area contributed by atoms with E-state index in [1.54, 1.807) is 171 Å². The molecule has 3 fully saturated rings. The summed E-state index contributed by atoms with van der Waals surface area (Å²) in [5.41, 5.74) is 3.57. The fourth-order valence-corrected chi connectivity index (χ4v) is 17.1. The molecule has 43 heteroatoms. The molecule has 772 valence electrons. The minimum absolute atomic E-state index is 0.0574. The van der Waals surface area contributed by atoms with E-state index in [1.165, 1.54) is 37.7 Å². The molecule has 1 aliphatic carbocycles. The zero-order valence-electron chi connectivity index (χ0n) is 80.7. The fraction of sp³-hybridized carbons (Fsp3) is 0.470. The molecule has 6 aromatic carbocycles. The van der Waals surface area contributed by atoms with Crippen molar-refractivity contribution < 1.29 is 124 Å². The number of carbonyl (C=O) groups is 16. The van der Waals surface area contributed by atoms with E-state index >= 15 is 19.2 Å². The van der Waals surface area contributed by atoms with E-state index in [1.807, 2.05) is 13.8 Å². The Balaban J connectivity index is 0.989. The van der Waals surface area contributed by atoms with Crippen molar-refractivity contribution in [3.8, 4) is 5.75 Å². The number of esters is 3. The Labute approximate surface area is 833 Å². The average Bonchev–Trinajstić information content (AvgIpc) is 1.67. The number of likely N-dealkylation sites (tertiary alicyclic amines) is 1. The number of amides is 12. The lowest BCUT2D eigenvalue weighted by atomic mass is 9.98. The average molecular weight is 2020 g/mol. The number of rotatable bonds is 49. The van der Waals surface area contributed by atoms with Gasteiger partial charge in [0.25, 0.3) is 10.0 Å². The van der Waals surface area contributed by atoms with Gasteiger partial charge in [-0.1, -0.05) is 171 Å². The third-order valence-corrected chi connectivity index (χ3v) is 25.8. The predicted octanol–water partition coefficient (Wildman–Crippen LogP) is 3.96. The minimum Gasteiger partial charge on any atom is -0.490 e. The molecule has 1 saturated carbocycles. The number of hydrogen-bond donors (Lipinski definition) is 16. The highest BCUT2D eigenvalue weighted by Crippen LogP contribution is 2.26. The Morgan fingerprint density at radius 3 is 1.74 bits per heavy atom. The van der Waals surface area contributed by atoms with Gasteiger partial charge in [-0.15, -0.1) is 0 Å². The number of ether oxygens (including phenoxy) is 6. The number of nitrogens with one attached hydrogen (secondary N) is 14. The Morgan fingerprint density at radius 1 is 0.573 bits per heavy atom. The molecular weight excluding hydrogens is 1890 g/mol. The van der Waals surface area contributed by atoms with Crippen molar-refractivity contribution >= 4 is 123 Å². The largest absolute Gasteiger partial charge is 0.490 e. The van der Waals surface area contributed by atoms with Crippen molar-refractivity contribution in [1.29, 1.82) is 5.41 Å². The van der Waals surface area contributed by atoms with Gasteiger partial charge in [-0.05, 0) is 162 Å². The lowest BCUT2D eigenvalue weighted by Gasteiger charge is -2.31. The van der Waals surface area contributed by atoms with Crippen molar-refractivity contribution in [3.63, 3.8) is 0 Å². The van der Waals surface area contributed by atoms with Crippen molar-refractivity contribution in [1.82, 2.24) is 73.4 Å². The summed E-state index contributed by atoms with van der Waals surface area (Å²) in [6.45, 7) is 5.13. The van der Waals surface area contributed by atoms with Gasteiger partial charge in [0.05, 0.1) is 43.2 Å². The summed E-state index contributed by atoms with van der Waals surface area (Å²) >= 11 is 1.24. The van der Waals surface area contributed by atoms with Crippen LogP contribution in [0.1, 0.15) is 164 Å². The summed E-state index contributed by atoms with van der Waals surface area (Å²) < 4.78 is 63.5. The Bertz CT molecular complexity index is 5400. The first kappa shape index (κ1) is 113. The Kier molecular flexibility index (Phi) is 45.4. The lowest BCUT2D eigenvalue weighted by Crippen LogP contribution is -2.62. The van der Waals surface area contributed by atoms with Crippen molar-refractivity contribution in [2.24, 2.45) is 0 Å². The number of aliphatic carboxylic acids is 1. The van der Waals surface area contributed by atoms with Gasteiger partial charge in [0, 0.05) is 32.4 Å². The second-order valence-corrected chi connectivity index (χ2v) is 37.7. The van der Waals surface area contributed by atoms with Crippen LogP contribution >= 0.6 is 11.8 Å². The van der Waals surface area contributed by atoms with E-state index in [9.17, 15) is 76.2 Å². The van der Waals surface area contributed by atoms with Crippen LogP contribution in [0.3, 0.4) is 0 Å². The number of sulfonamides is 1. The number of hydrogen-bond acceptors (Lipinski definition) is 27. The number of cyclic esters (lactones) is 1. The number of aliphatic hydroxyl groups excluding tert-OH is 1. The summed E-state index contributed by atoms with van der Waals surface area (Å²) in [5.74, 6) is -17.1. The number of carbonyl (C=O) groups excluding carboxylic acids is 15. The maximum absolute atomic E-state index is 15.9. The van der Waals surface area contributed by atoms with Crippen LogP contribution in [0.2, 0.25) is 0 Å². The molecule has 12 amide bonds.